The summed E-state index contributed by atoms with van der Waals surface area (Å²) >= 11 is 0. The van der Waals surface area contributed by atoms with Crippen molar-refractivity contribution in [3.8, 4) is 11.6 Å². The third kappa shape index (κ3) is 2.46. The second kappa shape index (κ2) is 5.55. The Morgan fingerprint density at radius 3 is 2.94 bits per heavy atom. The number of hydrogen-bond acceptors (Lipinski definition) is 4. The van der Waals surface area contributed by atoms with Crippen LogP contribution >= 0.6 is 0 Å². The van der Waals surface area contributed by atoms with Gasteiger partial charge in [0.1, 0.15) is 5.75 Å². The van der Waals surface area contributed by atoms with Crippen molar-refractivity contribution in [2.45, 2.75) is 0 Å². The van der Waals surface area contributed by atoms with Crippen LogP contribution in [0, 0.1) is 0 Å². The molecule has 0 saturated heterocycles. The number of benzene rings is 1. The number of aromatic hydroxyl groups is 1. The molecule has 96 valence electrons. The predicted octanol–water partition coefficient (Wildman–Crippen LogP) is 1.95. The molecule has 0 radical (unpaired) electrons. The predicted molar refractivity (Wildman–Crippen MR) is 70.9 cm³/mol. The maximum absolute atomic E-state index is 9.84. The second-order valence-corrected chi connectivity index (χ2v) is 3.83. The van der Waals surface area contributed by atoms with Crippen LogP contribution in [0.4, 0.5) is 0 Å². The quantitative estimate of drug-likeness (QED) is 0.627. The largest absolute Gasteiger partial charge is 0.497 e. The number of fused-ring (bicyclic) bond motifs is 1. The molecule has 0 aliphatic rings. The summed E-state index contributed by atoms with van der Waals surface area (Å²) in [6.45, 7) is 1.12. The van der Waals surface area contributed by atoms with Crippen molar-refractivity contribution < 1.29 is 14.6 Å². The summed E-state index contributed by atoms with van der Waals surface area (Å²) in [5, 5.41) is 10.7. The first-order valence-electron chi connectivity index (χ1n) is 5.63. The lowest BCUT2D eigenvalue weighted by atomic mass is 10.2. The normalized spacial score (nSPS) is 11.4. The third-order valence-electron chi connectivity index (χ3n) is 2.67. The molecule has 0 saturated carbocycles. The molecule has 0 unspecified atom stereocenters. The zero-order valence-electron chi connectivity index (χ0n) is 10.4. The van der Waals surface area contributed by atoms with Gasteiger partial charge in [-0.3, -0.25) is 4.99 Å². The molecule has 5 heteroatoms. The van der Waals surface area contributed by atoms with E-state index in [1.165, 1.54) is 0 Å². The van der Waals surface area contributed by atoms with Crippen LogP contribution in [0.3, 0.4) is 0 Å². The van der Waals surface area contributed by atoms with Gasteiger partial charge in [-0.2, -0.15) is 0 Å². The van der Waals surface area contributed by atoms with Gasteiger partial charge in [0.05, 0.1) is 25.8 Å². The molecule has 5 nitrogen and oxygen atoms in total. The van der Waals surface area contributed by atoms with Crippen molar-refractivity contribution >= 4 is 17.1 Å². The number of ether oxygens (including phenoxy) is 2. The van der Waals surface area contributed by atoms with Gasteiger partial charge >= 0.3 is 0 Å². The Labute approximate surface area is 105 Å². The van der Waals surface area contributed by atoms with Crippen molar-refractivity contribution in [1.29, 1.82) is 0 Å². The summed E-state index contributed by atoms with van der Waals surface area (Å²) in [4.78, 5) is 7.10. The van der Waals surface area contributed by atoms with Gasteiger partial charge in [0.2, 0.25) is 0 Å². The number of nitrogens with one attached hydrogen (secondary N) is 1. The van der Waals surface area contributed by atoms with Crippen LogP contribution in [-0.4, -0.2) is 43.7 Å². The molecule has 0 fully saturated rings. The molecule has 0 aliphatic carbocycles. The molecule has 18 heavy (non-hydrogen) atoms. The summed E-state index contributed by atoms with van der Waals surface area (Å²) < 4.78 is 10.1. The maximum Gasteiger partial charge on any atom is 0.198 e. The van der Waals surface area contributed by atoms with E-state index in [0.717, 1.165) is 16.7 Å². The highest BCUT2D eigenvalue weighted by molar-refractivity contribution is 6.02. The van der Waals surface area contributed by atoms with Crippen molar-refractivity contribution in [3.63, 3.8) is 0 Å². The van der Waals surface area contributed by atoms with Crippen molar-refractivity contribution in [2.75, 3.05) is 27.4 Å². The molecule has 0 atom stereocenters. The first-order valence-corrected chi connectivity index (χ1v) is 5.63. The number of aliphatic imine (C=N–C) groups is 1. The number of methoxy groups -OCH3 is 2. The number of hydrogen-bond donors (Lipinski definition) is 2. The third-order valence-corrected chi connectivity index (χ3v) is 2.67. The average molecular weight is 248 g/mol. The van der Waals surface area contributed by atoms with Crippen LogP contribution < -0.4 is 4.74 Å². The number of rotatable bonds is 5. The first kappa shape index (κ1) is 12.4. The Bertz CT molecular complexity index is 561. The van der Waals surface area contributed by atoms with Crippen molar-refractivity contribution in [2.24, 2.45) is 4.99 Å². The van der Waals surface area contributed by atoms with Crippen LogP contribution in [0.5, 0.6) is 11.6 Å². The zero-order valence-corrected chi connectivity index (χ0v) is 10.4. The highest BCUT2D eigenvalue weighted by Gasteiger charge is 2.09. The van der Waals surface area contributed by atoms with Gasteiger partial charge in [0, 0.05) is 24.2 Å². The second-order valence-electron chi connectivity index (χ2n) is 3.83. The summed E-state index contributed by atoms with van der Waals surface area (Å²) in [7, 11) is 3.24. The molecular formula is C13H16N2O3. The van der Waals surface area contributed by atoms with Crippen LogP contribution in [0.1, 0.15) is 5.56 Å². The summed E-state index contributed by atoms with van der Waals surface area (Å²) in [5.74, 6) is 0.854. The lowest BCUT2D eigenvalue weighted by Gasteiger charge is -1.99. The summed E-state index contributed by atoms with van der Waals surface area (Å²) in [6, 6.07) is 5.56. The molecule has 0 spiro atoms. The molecule has 1 aromatic carbocycles. The highest BCUT2D eigenvalue weighted by Crippen LogP contribution is 2.28. The van der Waals surface area contributed by atoms with Gasteiger partial charge in [0.25, 0.3) is 0 Å². The van der Waals surface area contributed by atoms with Gasteiger partial charge in [-0.05, 0) is 18.2 Å². The number of H-pyrrole nitrogens is 1. The van der Waals surface area contributed by atoms with E-state index in [0.29, 0.717) is 18.7 Å². The first-order chi connectivity index (χ1) is 8.76. The van der Waals surface area contributed by atoms with Crippen LogP contribution in [0.2, 0.25) is 0 Å². The van der Waals surface area contributed by atoms with Gasteiger partial charge in [0.15, 0.2) is 5.88 Å². The van der Waals surface area contributed by atoms with E-state index in [2.05, 4.69) is 9.98 Å². The number of nitrogens with zero attached hydrogens (tertiary/aromatic N) is 1. The average Bonchev–Trinajstić information content (AvgIpc) is 2.70. The van der Waals surface area contributed by atoms with Crippen LogP contribution in [0.15, 0.2) is 23.2 Å². The SMILES string of the molecule is COCCN=Cc1c(O)[nH]c2ccc(OC)cc12. The highest BCUT2D eigenvalue weighted by atomic mass is 16.5. The molecule has 2 aromatic rings. The minimum absolute atomic E-state index is 0.111. The Kier molecular flexibility index (Phi) is 3.84. The van der Waals surface area contributed by atoms with Crippen LogP contribution in [-0.2, 0) is 4.74 Å². The van der Waals surface area contributed by atoms with Crippen LogP contribution in [0.25, 0.3) is 10.9 Å². The van der Waals surface area contributed by atoms with E-state index < -0.39 is 0 Å². The Morgan fingerprint density at radius 2 is 2.22 bits per heavy atom. The van der Waals surface area contributed by atoms with E-state index in [1.54, 1.807) is 20.4 Å². The van der Waals surface area contributed by atoms with Crippen molar-refractivity contribution in [3.05, 3.63) is 23.8 Å². The standard InChI is InChI=1S/C13H16N2O3/c1-17-6-5-14-8-11-10-7-9(18-2)3-4-12(10)15-13(11)16/h3-4,7-8,15-16H,5-6H2,1-2H3. The molecule has 0 aliphatic heterocycles. The Hall–Kier alpha value is -2.01. The van der Waals surface area contributed by atoms with Gasteiger partial charge in [-0.1, -0.05) is 0 Å². The van der Waals surface area contributed by atoms with Gasteiger partial charge < -0.3 is 19.6 Å². The smallest absolute Gasteiger partial charge is 0.198 e. The number of aromatic nitrogens is 1. The van der Waals surface area contributed by atoms with E-state index in [4.69, 9.17) is 9.47 Å². The molecule has 0 amide bonds. The molecule has 2 N–H and O–H groups in total. The molecule has 1 aromatic heterocycles. The molecule has 0 bridgehead atoms. The number of aromatic amines is 1. The van der Waals surface area contributed by atoms with E-state index in [9.17, 15) is 5.11 Å². The minimum atomic E-state index is 0.111. The Morgan fingerprint density at radius 1 is 1.39 bits per heavy atom. The molecule has 2 rings (SSSR count). The monoisotopic (exact) mass is 248 g/mol. The van der Waals surface area contributed by atoms with Gasteiger partial charge in [-0.25, -0.2) is 0 Å². The Balaban J connectivity index is 2.35. The lowest BCUT2D eigenvalue weighted by Crippen LogP contribution is -1.93. The fourth-order valence-corrected chi connectivity index (χ4v) is 1.74. The fraction of sp³-hybridized carbons (Fsp3) is 0.308. The van der Waals surface area contributed by atoms with E-state index in [1.807, 2.05) is 18.2 Å². The summed E-state index contributed by atoms with van der Waals surface area (Å²) in [5.41, 5.74) is 1.52. The molecule has 1 heterocycles. The summed E-state index contributed by atoms with van der Waals surface area (Å²) in [6.07, 6.45) is 1.65. The maximum atomic E-state index is 9.84. The fourth-order valence-electron chi connectivity index (χ4n) is 1.74. The van der Waals surface area contributed by atoms with E-state index in [-0.39, 0.29) is 5.88 Å². The molecular weight excluding hydrogens is 232 g/mol. The van der Waals surface area contributed by atoms with Gasteiger partial charge in [-0.15, -0.1) is 0 Å². The lowest BCUT2D eigenvalue weighted by molar-refractivity contribution is 0.208. The van der Waals surface area contributed by atoms with E-state index >= 15 is 0 Å². The zero-order chi connectivity index (χ0) is 13.0. The minimum Gasteiger partial charge on any atom is -0.497 e. The topological polar surface area (TPSA) is 66.8 Å². The van der Waals surface area contributed by atoms with Crippen molar-refractivity contribution in [1.82, 2.24) is 4.98 Å².